The number of aliphatic hydroxyl groups excluding tert-OH is 1. The number of morpholine rings is 1. The molecule has 29 heavy (non-hydrogen) atoms. The molecule has 1 saturated heterocycles. The largest absolute Gasteiger partial charge is 0.474 e. The first-order valence-corrected chi connectivity index (χ1v) is 12.0. The normalized spacial score (nSPS) is 28.4. The third kappa shape index (κ3) is 4.15. The van der Waals surface area contributed by atoms with Gasteiger partial charge in [0.1, 0.15) is 17.3 Å². The summed E-state index contributed by atoms with van der Waals surface area (Å²) in [6.45, 7) is 4.15. The number of aromatic nitrogens is 2. The molecule has 3 aliphatic rings. The van der Waals surface area contributed by atoms with Gasteiger partial charge in [0.05, 0.1) is 18.6 Å². The van der Waals surface area contributed by atoms with E-state index in [9.17, 15) is 5.11 Å². The Morgan fingerprint density at radius 2 is 1.97 bits per heavy atom. The van der Waals surface area contributed by atoms with E-state index < -0.39 is 0 Å². The summed E-state index contributed by atoms with van der Waals surface area (Å²) in [6.07, 6.45) is 10.6. The van der Waals surface area contributed by atoms with Crippen LogP contribution in [0, 0.1) is 5.92 Å². The highest BCUT2D eigenvalue weighted by atomic mass is 32.1. The van der Waals surface area contributed by atoms with E-state index >= 15 is 0 Å². The van der Waals surface area contributed by atoms with Crippen LogP contribution in [0.15, 0.2) is 6.33 Å². The molecule has 5 rings (SSSR count). The second-order valence-electron chi connectivity index (χ2n) is 8.68. The molecule has 2 aromatic heterocycles. The summed E-state index contributed by atoms with van der Waals surface area (Å²) in [5, 5.41) is 10.5. The summed E-state index contributed by atoms with van der Waals surface area (Å²) in [7, 11) is 0. The Balaban J connectivity index is 1.29. The molecule has 2 aliphatic carbocycles. The Hall–Kier alpha value is -1.28. The van der Waals surface area contributed by atoms with Crippen LogP contribution in [-0.4, -0.2) is 65.0 Å². The zero-order chi connectivity index (χ0) is 19.6. The van der Waals surface area contributed by atoms with Crippen LogP contribution in [-0.2, 0) is 17.6 Å². The third-order valence-corrected chi connectivity index (χ3v) is 8.13. The predicted octanol–water partition coefficient (Wildman–Crippen LogP) is 3.20. The highest BCUT2D eigenvalue weighted by molar-refractivity contribution is 7.18. The molecule has 7 heteroatoms. The molecule has 0 unspecified atom stereocenters. The van der Waals surface area contributed by atoms with Crippen molar-refractivity contribution in [2.75, 3.05) is 32.9 Å². The number of rotatable bonds is 5. The molecule has 0 radical (unpaired) electrons. The first-order chi connectivity index (χ1) is 14.3. The predicted molar refractivity (Wildman–Crippen MR) is 114 cm³/mol. The number of hydrogen-bond donors (Lipinski definition) is 1. The molecule has 1 aliphatic heterocycles. The van der Waals surface area contributed by atoms with Crippen LogP contribution in [0.3, 0.4) is 0 Å². The van der Waals surface area contributed by atoms with Gasteiger partial charge in [-0.2, -0.15) is 0 Å². The maximum Gasteiger partial charge on any atom is 0.225 e. The number of fused-ring (bicyclic) bond motifs is 3. The molecule has 0 bridgehead atoms. The molecule has 6 nitrogen and oxygen atoms in total. The average molecular weight is 418 g/mol. The number of aliphatic hydroxyl groups is 1. The minimum absolute atomic E-state index is 0.248. The molecule has 3 heterocycles. The van der Waals surface area contributed by atoms with Crippen LogP contribution in [0.1, 0.15) is 49.0 Å². The quantitative estimate of drug-likeness (QED) is 0.806. The van der Waals surface area contributed by atoms with E-state index in [2.05, 4.69) is 14.9 Å². The maximum atomic E-state index is 9.36. The topological polar surface area (TPSA) is 67.7 Å². The molecular formula is C22H31N3O3S. The smallest absolute Gasteiger partial charge is 0.225 e. The molecule has 1 saturated carbocycles. The molecule has 0 aromatic carbocycles. The number of ether oxygens (including phenoxy) is 2. The summed E-state index contributed by atoms with van der Waals surface area (Å²) in [6, 6.07) is 0.678. The maximum absolute atomic E-state index is 9.36. The van der Waals surface area contributed by atoms with Crippen LogP contribution >= 0.6 is 11.3 Å². The van der Waals surface area contributed by atoms with Crippen LogP contribution in [0.4, 0.5) is 0 Å². The van der Waals surface area contributed by atoms with E-state index in [-0.39, 0.29) is 12.7 Å². The number of nitrogens with zero attached hydrogens (tertiary/aromatic N) is 3. The molecule has 2 fully saturated rings. The minimum atomic E-state index is 0.248. The minimum Gasteiger partial charge on any atom is -0.474 e. The van der Waals surface area contributed by atoms with Crippen molar-refractivity contribution in [1.29, 1.82) is 0 Å². The fraction of sp³-hybridized carbons (Fsp3) is 0.727. The molecule has 0 amide bonds. The van der Waals surface area contributed by atoms with E-state index in [4.69, 9.17) is 9.47 Å². The summed E-state index contributed by atoms with van der Waals surface area (Å²) < 4.78 is 12.0. The molecule has 1 N–H and O–H groups in total. The lowest BCUT2D eigenvalue weighted by molar-refractivity contribution is -0.00126. The zero-order valence-electron chi connectivity index (χ0n) is 17.0. The Labute approximate surface area is 176 Å². The molecule has 0 spiro atoms. The van der Waals surface area contributed by atoms with Gasteiger partial charge in [-0.25, -0.2) is 9.97 Å². The lowest BCUT2D eigenvalue weighted by atomic mass is 9.85. The van der Waals surface area contributed by atoms with Gasteiger partial charge in [0.2, 0.25) is 5.88 Å². The molecule has 2 aromatic rings. The second kappa shape index (κ2) is 8.84. The van der Waals surface area contributed by atoms with E-state index in [0.29, 0.717) is 12.0 Å². The molecule has 1 atom stereocenters. The van der Waals surface area contributed by atoms with Crippen molar-refractivity contribution < 1.29 is 14.6 Å². The first kappa shape index (κ1) is 19.7. The van der Waals surface area contributed by atoms with Gasteiger partial charge in [-0.15, -0.1) is 11.3 Å². The van der Waals surface area contributed by atoms with Gasteiger partial charge in [-0.1, -0.05) is 0 Å². The van der Waals surface area contributed by atoms with Crippen molar-refractivity contribution in [3.8, 4) is 5.88 Å². The SMILES string of the molecule is OCC[C@@H]1CCc2sc3ncnc(OC4CCC(N5CCOCC5)CC4)c3c2C1. The van der Waals surface area contributed by atoms with E-state index in [1.807, 2.05) is 0 Å². The standard InChI is InChI=1S/C22H31N3O3S/c26-10-7-15-1-6-19-18(13-15)20-21(23-14-24-22(20)29-19)28-17-4-2-16(3-5-17)25-8-11-27-12-9-25/h14-17,26H,1-13H2/t15-,16?,17?/m0/s1. The first-order valence-electron chi connectivity index (χ1n) is 11.2. The van der Waals surface area contributed by atoms with Crippen molar-refractivity contribution in [3.05, 3.63) is 16.8 Å². The van der Waals surface area contributed by atoms with Crippen LogP contribution < -0.4 is 4.74 Å². The highest BCUT2D eigenvalue weighted by Crippen LogP contribution is 2.41. The van der Waals surface area contributed by atoms with E-state index in [1.165, 1.54) is 23.3 Å². The van der Waals surface area contributed by atoms with Gasteiger partial charge < -0.3 is 14.6 Å². The Morgan fingerprint density at radius 3 is 2.76 bits per heavy atom. The summed E-state index contributed by atoms with van der Waals surface area (Å²) in [4.78, 5) is 14.2. The second-order valence-corrected chi connectivity index (χ2v) is 9.76. The lowest BCUT2D eigenvalue weighted by Crippen LogP contribution is -2.46. The van der Waals surface area contributed by atoms with Crippen molar-refractivity contribution in [2.24, 2.45) is 5.92 Å². The number of aryl methyl sites for hydroxylation is 1. The average Bonchev–Trinajstić information content (AvgIpc) is 3.14. The monoisotopic (exact) mass is 417 g/mol. The fourth-order valence-corrected chi connectivity index (χ4v) is 6.47. The summed E-state index contributed by atoms with van der Waals surface area (Å²) in [5.74, 6) is 1.34. The fourth-order valence-electron chi connectivity index (χ4n) is 5.30. The molecular weight excluding hydrogens is 386 g/mol. The van der Waals surface area contributed by atoms with E-state index in [0.717, 1.165) is 80.9 Å². The van der Waals surface area contributed by atoms with Gasteiger partial charge in [0.25, 0.3) is 0 Å². The Kier molecular flexibility index (Phi) is 5.99. The van der Waals surface area contributed by atoms with Gasteiger partial charge in [0, 0.05) is 30.6 Å². The Bertz CT molecular complexity index is 828. The van der Waals surface area contributed by atoms with Gasteiger partial charge >= 0.3 is 0 Å². The highest BCUT2D eigenvalue weighted by Gasteiger charge is 2.30. The molecule has 158 valence electrons. The van der Waals surface area contributed by atoms with Crippen molar-refractivity contribution >= 4 is 21.6 Å². The number of hydrogen-bond acceptors (Lipinski definition) is 7. The van der Waals surface area contributed by atoms with E-state index in [1.54, 1.807) is 17.7 Å². The third-order valence-electron chi connectivity index (χ3n) is 6.93. The van der Waals surface area contributed by atoms with Crippen LogP contribution in [0.2, 0.25) is 0 Å². The van der Waals surface area contributed by atoms with Crippen LogP contribution in [0.25, 0.3) is 10.2 Å². The van der Waals surface area contributed by atoms with Crippen molar-refractivity contribution in [2.45, 2.75) is 63.5 Å². The lowest BCUT2D eigenvalue weighted by Gasteiger charge is -2.38. The zero-order valence-corrected chi connectivity index (χ0v) is 17.8. The number of thiophene rings is 1. The van der Waals surface area contributed by atoms with Crippen molar-refractivity contribution in [1.82, 2.24) is 14.9 Å². The van der Waals surface area contributed by atoms with Crippen molar-refractivity contribution in [3.63, 3.8) is 0 Å². The van der Waals surface area contributed by atoms with Crippen LogP contribution in [0.5, 0.6) is 5.88 Å². The van der Waals surface area contributed by atoms with Gasteiger partial charge in [-0.3, -0.25) is 4.90 Å². The van der Waals surface area contributed by atoms with Gasteiger partial charge in [-0.05, 0) is 62.8 Å². The summed E-state index contributed by atoms with van der Waals surface area (Å²) in [5.41, 5.74) is 1.38. The summed E-state index contributed by atoms with van der Waals surface area (Å²) >= 11 is 1.80. The Morgan fingerprint density at radius 1 is 1.14 bits per heavy atom. The van der Waals surface area contributed by atoms with Gasteiger partial charge in [0.15, 0.2) is 0 Å².